The molecule has 3 rings (SSSR count). The van der Waals surface area contributed by atoms with Gasteiger partial charge in [-0.2, -0.15) is 5.10 Å². The molecule has 11 heteroatoms. The average molecular weight is 452 g/mol. The Bertz CT molecular complexity index is 949. The molecule has 0 radical (unpaired) electrons. The van der Waals surface area contributed by atoms with Gasteiger partial charge in [0.1, 0.15) is 11.5 Å². The van der Waals surface area contributed by atoms with Crippen molar-refractivity contribution in [3.05, 3.63) is 50.5 Å². The van der Waals surface area contributed by atoms with E-state index in [1.54, 1.807) is 18.2 Å². The minimum atomic E-state index is -0.574. The smallest absolute Gasteiger partial charge is 0.282 e. The molecule has 1 aliphatic heterocycles. The topological polar surface area (TPSA) is 122 Å². The number of halogens is 1. The second-order valence-corrected chi connectivity index (χ2v) is 6.25. The van der Waals surface area contributed by atoms with E-state index in [4.69, 9.17) is 18.9 Å². The Labute approximate surface area is 167 Å². The van der Waals surface area contributed by atoms with E-state index in [-0.39, 0.29) is 30.4 Å². The molecule has 0 fully saturated rings. The highest BCUT2D eigenvalue weighted by Gasteiger charge is 2.22. The fourth-order valence-corrected chi connectivity index (χ4v) is 2.76. The number of hydrogen-bond acceptors (Lipinski definition) is 8. The Kier molecular flexibility index (Phi) is 5.94. The van der Waals surface area contributed by atoms with Crippen LogP contribution in [0.15, 0.2) is 39.9 Å². The van der Waals surface area contributed by atoms with E-state index in [9.17, 15) is 14.9 Å². The van der Waals surface area contributed by atoms with Crippen LogP contribution in [0.4, 0.5) is 5.69 Å². The van der Waals surface area contributed by atoms with Crippen molar-refractivity contribution in [2.45, 2.75) is 0 Å². The van der Waals surface area contributed by atoms with Gasteiger partial charge in [-0.15, -0.1) is 0 Å². The van der Waals surface area contributed by atoms with Crippen molar-refractivity contribution in [3.8, 4) is 23.0 Å². The Morgan fingerprint density at radius 2 is 2.11 bits per heavy atom. The summed E-state index contributed by atoms with van der Waals surface area (Å²) in [5.41, 5.74) is 2.19. The molecule has 0 aromatic heterocycles. The van der Waals surface area contributed by atoms with Crippen molar-refractivity contribution in [1.82, 2.24) is 5.43 Å². The fourth-order valence-electron chi connectivity index (χ4n) is 2.28. The number of methoxy groups -OCH3 is 1. The lowest BCUT2D eigenvalue weighted by Gasteiger charge is -2.08. The van der Waals surface area contributed by atoms with Gasteiger partial charge in [0.15, 0.2) is 18.1 Å². The third kappa shape index (κ3) is 4.49. The van der Waals surface area contributed by atoms with Gasteiger partial charge >= 0.3 is 0 Å². The molecule has 146 valence electrons. The van der Waals surface area contributed by atoms with E-state index in [2.05, 4.69) is 26.5 Å². The standard InChI is InChI=1S/C17H14BrN3O7/c1-25-11-2-3-14(12(18)5-11)26-8-17(22)20-19-7-10-4-15-16(28-9-27-15)6-13(10)21(23)24/h2-7H,8-9H2,1H3,(H,20,22)/b19-7-. The normalized spacial score (nSPS) is 12.1. The highest BCUT2D eigenvalue weighted by atomic mass is 79.9. The Morgan fingerprint density at radius 1 is 1.36 bits per heavy atom. The number of benzene rings is 2. The highest BCUT2D eigenvalue weighted by Crippen LogP contribution is 2.37. The van der Waals surface area contributed by atoms with Crippen LogP contribution < -0.4 is 24.4 Å². The molecule has 1 aliphatic rings. The third-order valence-electron chi connectivity index (χ3n) is 3.61. The Hall–Kier alpha value is -3.34. The summed E-state index contributed by atoms with van der Waals surface area (Å²) in [5.74, 6) is 1.20. The molecule has 1 N–H and O–H groups in total. The van der Waals surface area contributed by atoms with Crippen molar-refractivity contribution in [3.63, 3.8) is 0 Å². The van der Waals surface area contributed by atoms with Crippen LogP contribution >= 0.6 is 15.9 Å². The molecule has 0 saturated carbocycles. The van der Waals surface area contributed by atoms with Gasteiger partial charge in [0.25, 0.3) is 11.6 Å². The number of nitro groups is 1. The van der Waals surface area contributed by atoms with Crippen molar-refractivity contribution in [2.24, 2.45) is 5.10 Å². The summed E-state index contributed by atoms with van der Waals surface area (Å²) < 4.78 is 21.4. The molecule has 10 nitrogen and oxygen atoms in total. The summed E-state index contributed by atoms with van der Waals surface area (Å²) in [7, 11) is 1.54. The van der Waals surface area contributed by atoms with Gasteiger partial charge in [-0.1, -0.05) is 0 Å². The molecular formula is C17H14BrN3O7. The molecule has 2 aromatic rings. The van der Waals surface area contributed by atoms with Crippen LogP contribution in [-0.2, 0) is 4.79 Å². The number of amides is 1. The van der Waals surface area contributed by atoms with Crippen LogP contribution in [0.3, 0.4) is 0 Å². The highest BCUT2D eigenvalue weighted by molar-refractivity contribution is 9.10. The summed E-state index contributed by atoms with van der Waals surface area (Å²) in [6.07, 6.45) is 1.15. The molecule has 0 spiro atoms. The first-order valence-corrected chi connectivity index (χ1v) is 8.63. The summed E-state index contributed by atoms with van der Waals surface area (Å²) in [6.45, 7) is -0.312. The van der Waals surface area contributed by atoms with Gasteiger partial charge in [0, 0.05) is 0 Å². The van der Waals surface area contributed by atoms with Crippen LogP contribution in [0.25, 0.3) is 0 Å². The molecule has 1 amide bonds. The Balaban J connectivity index is 1.60. The van der Waals surface area contributed by atoms with E-state index in [0.717, 1.165) is 6.21 Å². The van der Waals surface area contributed by atoms with E-state index < -0.39 is 10.8 Å². The molecular weight excluding hydrogens is 438 g/mol. The monoisotopic (exact) mass is 451 g/mol. The molecule has 0 saturated heterocycles. The minimum Gasteiger partial charge on any atom is -0.497 e. The van der Waals surface area contributed by atoms with Crippen molar-refractivity contribution in [2.75, 3.05) is 20.5 Å². The van der Waals surface area contributed by atoms with Crippen molar-refractivity contribution >= 4 is 33.7 Å². The van der Waals surface area contributed by atoms with Crippen LogP contribution in [0, 0.1) is 10.1 Å². The molecule has 2 aromatic carbocycles. The number of fused-ring (bicyclic) bond motifs is 1. The van der Waals surface area contributed by atoms with Crippen LogP contribution in [0.2, 0.25) is 0 Å². The van der Waals surface area contributed by atoms with E-state index >= 15 is 0 Å². The lowest BCUT2D eigenvalue weighted by atomic mass is 10.1. The lowest BCUT2D eigenvalue weighted by molar-refractivity contribution is -0.385. The first-order chi connectivity index (χ1) is 13.5. The van der Waals surface area contributed by atoms with Gasteiger partial charge < -0.3 is 18.9 Å². The van der Waals surface area contributed by atoms with Crippen molar-refractivity contribution in [1.29, 1.82) is 0 Å². The van der Waals surface area contributed by atoms with Gasteiger partial charge in [0.2, 0.25) is 6.79 Å². The predicted molar refractivity (Wildman–Crippen MR) is 101 cm³/mol. The number of ether oxygens (including phenoxy) is 4. The number of carbonyl (C=O) groups excluding carboxylic acids is 1. The van der Waals surface area contributed by atoms with Gasteiger partial charge in [-0.25, -0.2) is 5.43 Å². The maximum atomic E-state index is 11.9. The summed E-state index contributed by atoms with van der Waals surface area (Å²) >= 11 is 3.32. The second-order valence-electron chi connectivity index (χ2n) is 5.40. The number of nitro benzene ring substituents is 1. The number of nitrogens with zero attached hydrogens (tertiary/aromatic N) is 2. The summed E-state index contributed by atoms with van der Waals surface area (Å²) in [4.78, 5) is 22.5. The van der Waals surface area contributed by atoms with Gasteiger partial charge in [-0.3, -0.25) is 14.9 Å². The largest absolute Gasteiger partial charge is 0.497 e. The zero-order valence-electron chi connectivity index (χ0n) is 14.5. The number of hydrazone groups is 1. The summed E-state index contributed by atoms with van der Waals surface area (Å²) in [6, 6.07) is 7.70. The van der Waals surface area contributed by atoms with Gasteiger partial charge in [0.05, 0.1) is 34.4 Å². The van der Waals surface area contributed by atoms with E-state index in [0.29, 0.717) is 21.7 Å². The molecule has 0 aliphatic carbocycles. The first kappa shape index (κ1) is 19.4. The van der Waals surface area contributed by atoms with Crippen LogP contribution in [0.5, 0.6) is 23.0 Å². The summed E-state index contributed by atoms with van der Waals surface area (Å²) in [5, 5.41) is 14.9. The Morgan fingerprint density at radius 3 is 2.79 bits per heavy atom. The molecule has 28 heavy (non-hydrogen) atoms. The minimum absolute atomic E-state index is 0.0118. The third-order valence-corrected chi connectivity index (χ3v) is 4.23. The van der Waals surface area contributed by atoms with Gasteiger partial charge in [-0.05, 0) is 40.2 Å². The SMILES string of the molecule is COc1ccc(OCC(=O)N/N=C\c2cc3c(cc2[N+](=O)[O-])OCO3)c(Br)c1. The van der Waals surface area contributed by atoms with Crippen molar-refractivity contribution < 1.29 is 28.7 Å². The number of hydrogen-bond donors (Lipinski definition) is 1. The maximum absolute atomic E-state index is 11.9. The van der Waals surface area contributed by atoms with Crippen LogP contribution in [-0.4, -0.2) is 37.6 Å². The van der Waals surface area contributed by atoms with E-state index in [1.165, 1.54) is 19.2 Å². The molecule has 0 atom stereocenters. The molecule has 1 heterocycles. The number of rotatable bonds is 7. The van der Waals surface area contributed by atoms with E-state index in [1.807, 2.05) is 0 Å². The fraction of sp³-hybridized carbons (Fsp3) is 0.176. The predicted octanol–water partition coefficient (Wildman–Crippen LogP) is 2.62. The second kappa shape index (κ2) is 8.57. The number of nitrogens with one attached hydrogen (secondary N) is 1. The molecule has 0 bridgehead atoms. The average Bonchev–Trinajstić information content (AvgIpc) is 3.13. The molecule has 0 unspecified atom stereocenters. The maximum Gasteiger partial charge on any atom is 0.282 e. The number of carbonyl (C=O) groups is 1. The quantitative estimate of drug-likeness (QED) is 0.389. The zero-order chi connectivity index (χ0) is 20.1. The zero-order valence-corrected chi connectivity index (χ0v) is 16.1. The van der Waals surface area contributed by atoms with Crippen LogP contribution in [0.1, 0.15) is 5.56 Å². The first-order valence-electron chi connectivity index (χ1n) is 7.84. The lowest BCUT2D eigenvalue weighted by Crippen LogP contribution is -2.24.